The van der Waals surface area contributed by atoms with Crippen LogP contribution < -0.4 is 10.2 Å². The number of nitrogens with zero attached hydrogens (tertiary/aromatic N) is 5. The molecule has 1 aliphatic rings. The van der Waals surface area contributed by atoms with Crippen LogP contribution in [0, 0.1) is 0 Å². The lowest BCUT2D eigenvalue weighted by Crippen LogP contribution is -2.48. The van der Waals surface area contributed by atoms with Crippen LogP contribution in [0.3, 0.4) is 0 Å². The molecule has 0 aliphatic carbocycles. The van der Waals surface area contributed by atoms with Gasteiger partial charge in [-0.15, -0.1) is 15.3 Å². The number of thiophene rings is 1. The van der Waals surface area contributed by atoms with E-state index >= 15 is 0 Å². The number of alkyl carbamates (subject to hydrolysis) is 1. The smallest absolute Gasteiger partial charge is 0.407 e. The molecule has 0 saturated carbocycles. The Bertz CT molecular complexity index is 894. The minimum absolute atomic E-state index is 0.0533. The van der Waals surface area contributed by atoms with Gasteiger partial charge in [-0.05, 0) is 43.3 Å². The van der Waals surface area contributed by atoms with E-state index in [1.807, 2.05) is 29.0 Å². The van der Waals surface area contributed by atoms with Crippen molar-refractivity contribution < 1.29 is 9.53 Å². The Morgan fingerprint density at radius 1 is 1.38 bits per heavy atom. The van der Waals surface area contributed by atoms with Crippen LogP contribution in [-0.4, -0.2) is 51.6 Å². The second kappa shape index (κ2) is 7.28. The van der Waals surface area contributed by atoms with Gasteiger partial charge in [0.05, 0.1) is 6.61 Å². The SMILES string of the molecule is CCOC(=O)NC1CCCN(c2ccc3nnc(-c4ccsc4)n3n2)C1. The lowest BCUT2D eigenvalue weighted by Gasteiger charge is -2.33. The maximum atomic E-state index is 11.7. The molecule has 4 rings (SSSR count). The van der Waals surface area contributed by atoms with Crippen LogP contribution in [0.5, 0.6) is 0 Å². The Hall–Kier alpha value is -2.68. The van der Waals surface area contributed by atoms with Crippen molar-refractivity contribution in [1.82, 2.24) is 25.1 Å². The third-order valence-electron chi connectivity index (χ3n) is 4.37. The molecule has 4 heterocycles. The van der Waals surface area contributed by atoms with E-state index in [2.05, 4.69) is 20.4 Å². The highest BCUT2D eigenvalue weighted by Gasteiger charge is 2.23. The number of ether oxygens (including phenoxy) is 1. The van der Waals surface area contributed by atoms with Crippen molar-refractivity contribution in [3.8, 4) is 11.4 Å². The summed E-state index contributed by atoms with van der Waals surface area (Å²) in [5.74, 6) is 1.59. The van der Waals surface area contributed by atoms with E-state index in [9.17, 15) is 4.79 Å². The molecule has 1 aliphatic heterocycles. The standard InChI is InChI=1S/C17H20N6O2S/c1-2-25-17(24)18-13-4-3-8-22(10-13)15-6-5-14-19-20-16(23(14)21-15)12-7-9-26-11-12/h5-7,9,11,13H,2-4,8,10H2,1H3,(H,18,24). The highest BCUT2D eigenvalue weighted by molar-refractivity contribution is 7.08. The van der Waals surface area contributed by atoms with E-state index in [0.29, 0.717) is 18.8 Å². The molecule has 0 spiro atoms. The Labute approximate surface area is 154 Å². The molecule has 3 aromatic heterocycles. The van der Waals surface area contributed by atoms with Gasteiger partial charge in [0, 0.05) is 30.1 Å². The van der Waals surface area contributed by atoms with E-state index < -0.39 is 0 Å². The van der Waals surface area contributed by atoms with Gasteiger partial charge in [0.1, 0.15) is 5.82 Å². The molecule has 1 saturated heterocycles. The molecule has 26 heavy (non-hydrogen) atoms. The topological polar surface area (TPSA) is 84.6 Å². The van der Waals surface area contributed by atoms with Crippen LogP contribution in [0.25, 0.3) is 17.0 Å². The lowest BCUT2D eigenvalue weighted by atomic mass is 10.1. The highest BCUT2D eigenvalue weighted by atomic mass is 32.1. The Morgan fingerprint density at radius 2 is 2.31 bits per heavy atom. The Morgan fingerprint density at radius 3 is 3.12 bits per heavy atom. The van der Waals surface area contributed by atoms with Crippen LogP contribution in [0.15, 0.2) is 29.0 Å². The molecular weight excluding hydrogens is 352 g/mol. The first-order valence-corrected chi connectivity index (χ1v) is 9.62. The van der Waals surface area contributed by atoms with Gasteiger partial charge in [0.2, 0.25) is 0 Å². The van der Waals surface area contributed by atoms with E-state index in [-0.39, 0.29) is 12.1 Å². The fourth-order valence-electron chi connectivity index (χ4n) is 3.16. The summed E-state index contributed by atoms with van der Waals surface area (Å²) >= 11 is 1.62. The third kappa shape index (κ3) is 3.34. The first kappa shape index (κ1) is 16.8. The average molecular weight is 372 g/mol. The van der Waals surface area contributed by atoms with Gasteiger partial charge in [-0.25, -0.2) is 4.79 Å². The normalized spacial score (nSPS) is 17.4. The second-order valence-electron chi connectivity index (χ2n) is 6.15. The van der Waals surface area contributed by atoms with Gasteiger partial charge in [0.25, 0.3) is 0 Å². The van der Waals surface area contributed by atoms with Crippen LogP contribution >= 0.6 is 11.3 Å². The number of carbonyl (C=O) groups is 1. The molecule has 1 fully saturated rings. The first-order chi connectivity index (χ1) is 12.7. The predicted molar refractivity (Wildman–Crippen MR) is 99.5 cm³/mol. The van der Waals surface area contributed by atoms with Crippen molar-refractivity contribution in [2.45, 2.75) is 25.8 Å². The number of nitrogens with one attached hydrogen (secondary N) is 1. The van der Waals surface area contributed by atoms with E-state index in [1.54, 1.807) is 22.8 Å². The molecule has 0 radical (unpaired) electrons. The molecule has 1 amide bonds. The molecule has 1 unspecified atom stereocenters. The van der Waals surface area contributed by atoms with Crippen LogP contribution in [0.1, 0.15) is 19.8 Å². The Balaban J connectivity index is 1.56. The van der Waals surface area contributed by atoms with Crippen LogP contribution in [0.4, 0.5) is 10.6 Å². The summed E-state index contributed by atoms with van der Waals surface area (Å²) in [5, 5.41) is 20.2. The first-order valence-electron chi connectivity index (χ1n) is 8.68. The molecule has 1 atom stereocenters. The van der Waals surface area contributed by atoms with Gasteiger partial charge in [-0.1, -0.05) is 0 Å². The monoisotopic (exact) mass is 372 g/mol. The molecule has 9 heteroatoms. The van der Waals surface area contributed by atoms with Gasteiger partial charge in [-0.3, -0.25) is 0 Å². The maximum absolute atomic E-state index is 11.7. The summed E-state index contributed by atoms with van der Waals surface area (Å²) in [6, 6.07) is 5.94. The zero-order valence-corrected chi connectivity index (χ0v) is 15.3. The number of hydrogen-bond acceptors (Lipinski definition) is 7. The fourth-order valence-corrected chi connectivity index (χ4v) is 3.80. The zero-order valence-electron chi connectivity index (χ0n) is 14.5. The molecule has 3 aromatic rings. The number of aromatic nitrogens is 4. The van der Waals surface area contributed by atoms with Crippen molar-refractivity contribution in [3.05, 3.63) is 29.0 Å². The van der Waals surface area contributed by atoms with Crippen LogP contribution in [-0.2, 0) is 4.74 Å². The summed E-state index contributed by atoms with van der Waals surface area (Å²) in [6.07, 6.45) is 1.56. The zero-order chi connectivity index (χ0) is 17.9. The second-order valence-corrected chi connectivity index (χ2v) is 6.93. The van der Waals surface area contributed by atoms with Crippen molar-refractivity contribution in [3.63, 3.8) is 0 Å². The molecule has 0 aromatic carbocycles. The van der Waals surface area contributed by atoms with Crippen molar-refractivity contribution in [2.75, 3.05) is 24.6 Å². The molecule has 136 valence electrons. The number of piperidine rings is 1. The van der Waals surface area contributed by atoms with Crippen LogP contribution in [0.2, 0.25) is 0 Å². The highest BCUT2D eigenvalue weighted by Crippen LogP contribution is 2.23. The number of amides is 1. The van der Waals surface area contributed by atoms with Crippen molar-refractivity contribution in [2.24, 2.45) is 0 Å². The third-order valence-corrected chi connectivity index (χ3v) is 5.05. The quantitative estimate of drug-likeness (QED) is 0.758. The van der Waals surface area contributed by atoms with Gasteiger partial charge >= 0.3 is 6.09 Å². The Kier molecular flexibility index (Phi) is 4.70. The minimum atomic E-state index is -0.360. The van der Waals surface area contributed by atoms with Crippen molar-refractivity contribution >= 4 is 28.9 Å². The summed E-state index contributed by atoms with van der Waals surface area (Å²) in [5.41, 5.74) is 1.72. The number of anilines is 1. The largest absolute Gasteiger partial charge is 0.450 e. The summed E-state index contributed by atoms with van der Waals surface area (Å²) in [4.78, 5) is 13.9. The van der Waals surface area contributed by atoms with Crippen molar-refractivity contribution in [1.29, 1.82) is 0 Å². The molecule has 8 nitrogen and oxygen atoms in total. The summed E-state index contributed by atoms with van der Waals surface area (Å²) < 4.78 is 6.76. The lowest BCUT2D eigenvalue weighted by molar-refractivity contribution is 0.146. The maximum Gasteiger partial charge on any atom is 0.407 e. The number of rotatable bonds is 4. The molecule has 1 N–H and O–H groups in total. The minimum Gasteiger partial charge on any atom is -0.450 e. The molecular formula is C17H20N6O2S. The average Bonchev–Trinajstić information content (AvgIpc) is 3.31. The number of fused-ring (bicyclic) bond motifs is 1. The fraction of sp³-hybridized carbons (Fsp3) is 0.412. The van der Waals surface area contributed by atoms with E-state index in [0.717, 1.165) is 36.6 Å². The summed E-state index contributed by atoms with van der Waals surface area (Å²) in [6.45, 7) is 3.78. The van der Waals surface area contributed by atoms with E-state index in [4.69, 9.17) is 9.84 Å². The molecule has 0 bridgehead atoms. The number of carbonyl (C=O) groups excluding carboxylic acids is 1. The number of hydrogen-bond donors (Lipinski definition) is 1. The van der Waals surface area contributed by atoms with Gasteiger partial charge in [-0.2, -0.15) is 15.9 Å². The predicted octanol–water partition coefficient (Wildman–Crippen LogP) is 2.57. The summed E-state index contributed by atoms with van der Waals surface area (Å²) in [7, 11) is 0. The van der Waals surface area contributed by atoms with E-state index in [1.165, 1.54) is 0 Å². The van der Waals surface area contributed by atoms with Gasteiger partial charge in [0.15, 0.2) is 11.5 Å². The van der Waals surface area contributed by atoms with Gasteiger partial charge < -0.3 is 15.0 Å².